The molecule has 1 aromatic carbocycles. The van der Waals surface area contributed by atoms with Gasteiger partial charge in [-0.15, -0.1) is 0 Å². The number of Topliss-reactive ketones (excluding diaryl/α,β-unsaturated/α-hetero) is 1. The molecular weight excluding hydrogens is 407 g/mol. The molecule has 2 unspecified atom stereocenters. The number of para-hydroxylation sites is 1. The molecule has 0 amide bonds. The minimum Gasteiger partial charge on any atom is -0.464 e. The van der Waals surface area contributed by atoms with E-state index in [0.717, 1.165) is 19.5 Å². The Labute approximate surface area is 177 Å². The topological polar surface area (TPSA) is 94.2 Å². The van der Waals surface area contributed by atoms with Crippen LogP contribution in [0.3, 0.4) is 0 Å². The van der Waals surface area contributed by atoms with Gasteiger partial charge in [0, 0.05) is 12.5 Å². The van der Waals surface area contributed by atoms with Crippen molar-refractivity contribution >= 4 is 19.5 Å². The van der Waals surface area contributed by atoms with Crippen LogP contribution in [0.1, 0.15) is 34.1 Å². The van der Waals surface area contributed by atoms with Crippen molar-refractivity contribution in [1.29, 1.82) is 0 Å². The molecule has 0 spiro atoms. The summed E-state index contributed by atoms with van der Waals surface area (Å²) in [5, 5.41) is 2.67. The summed E-state index contributed by atoms with van der Waals surface area (Å²) in [6, 6.07) is 7.23. The number of carbonyl (C=O) groups is 2. The maximum atomic E-state index is 13.5. The molecule has 8 nitrogen and oxygen atoms in total. The Balaban J connectivity index is 1.67. The highest BCUT2D eigenvalue weighted by Gasteiger charge is 2.46. The van der Waals surface area contributed by atoms with E-state index < -0.39 is 25.8 Å². The number of piperidine rings is 1. The quantitative estimate of drug-likeness (QED) is 0.465. The molecule has 2 heterocycles. The number of carbonyl (C=O) groups excluding carboxylic acids is 2. The van der Waals surface area contributed by atoms with E-state index in [-0.39, 0.29) is 30.3 Å². The predicted molar refractivity (Wildman–Crippen MR) is 112 cm³/mol. The summed E-state index contributed by atoms with van der Waals surface area (Å²) in [7, 11) is -3.95. The smallest absolute Gasteiger partial charge is 0.459 e. The van der Waals surface area contributed by atoms with E-state index in [2.05, 4.69) is 5.09 Å². The number of hydrogen-bond donors (Lipinski definition) is 1. The van der Waals surface area contributed by atoms with Crippen LogP contribution in [0.4, 0.5) is 0 Å². The molecule has 2 aliphatic rings. The third-order valence-corrected chi connectivity index (χ3v) is 6.76. The predicted octanol–water partition coefficient (Wildman–Crippen LogP) is 3.03. The summed E-state index contributed by atoms with van der Waals surface area (Å²) in [4.78, 5) is 26.8. The Hall–Kier alpha value is -1.73. The zero-order chi connectivity index (χ0) is 21.9. The van der Waals surface area contributed by atoms with Gasteiger partial charge in [-0.2, -0.15) is 5.09 Å². The van der Waals surface area contributed by atoms with Crippen LogP contribution >= 0.6 is 7.75 Å². The lowest BCUT2D eigenvalue weighted by atomic mass is 9.99. The van der Waals surface area contributed by atoms with Crippen molar-refractivity contribution in [3.63, 3.8) is 0 Å². The van der Waals surface area contributed by atoms with E-state index in [1.165, 1.54) is 0 Å². The normalized spacial score (nSPS) is 26.3. The van der Waals surface area contributed by atoms with E-state index in [1.807, 2.05) is 25.7 Å². The lowest BCUT2D eigenvalue weighted by Crippen LogP contribution is -2.41. The van der Waals surface area contributed by atoms with Gasteiger partial charge in [-0.25, -0.2) is 4.57 Å². The highest BCUT2D eigenvalue weighted by Crippen LogP contribution is 2.46. The summed E-state index contributed by atoms with van der Waals surface area (Å²) < 4.78 is 30.1. The molecule has 30 heavy (non-hydrogen) atoms. The molecule has 5 atom stereocenters. The molecule has 0 radical (unpaired) electrons. The van der Waals surface area contributed by atoms with Crippen molar-refractivity contribution in [2.45, 2.75) is 46.2 Å². The third-order valence-electron chi connectivity index (χ3n) is 5.12. The Kier molecular flexibility index (Phi) is 7.02. The van der Waals surface area contributed by atoms with Gasteiger partial charge in [-0.05, 0) is 37.4 Å². The van der Waals surface area contributed by atoms with Crippen LogP contribution < -0.4 is 9.61 Å². The first-order valence-corrected chi connectivity index (χ1v) is 11.8. The van der Waals surface area contributed by atoms with Crippen molar-refractivity contribution < 1.29 is 27.9 Å². The Morgan fingerprint density at radius 1 is 1.30 bits per heavy atom. The van der Waals surface area contributed by atoms with E-state index in [1.54, 1.807) is 37.3 Å². The van der Waals surface area contributed by atoms with E-state index in [4.69, 9.17) is 13.8 Å². The van der Waals surface area contributed by atoms with E-state index in [0.29, 0.717) is 5.75 Å². The largest absolute Gasteiger partial charge is 0.464 e. The van der Waals surface area contributed by atoms with Gasteiger partial charge in [-0.1, -0.05) is 39.0 Å². The first-order chi connectivity index (χ1) is 14.1. The highest BCUT2D eigenvalue weighted by atomic mass is 31.2. The molecule has 0 saturated carbocycles. The molecule has 0 aliphatic carbocycles. The average molecular weight is 438 g/mol. The lowest BCUT2D eigenvalue weighted by Gasteiger charge is -2.27. The van der Waals surface area contributed by atoms with Crippen molar-refractivity contribution in [3.05, 3.63) is 30.3 Å². The second-order valence-corrected chi connectivity index (χ2v) is 10.8. The van der Waals surface area contributed by atoms with Crippen molar-refractivity contribution in [3.8, 4) is 5.75 Å². The monoisotopic (exact) mass is 438 g/mol. The van der Waals surface area contributed by atoms with Gasteiger partial charge < -0.3 is 9.26 Å². The summed E-state index contributed by atoms with van der Waals surface area (Å²) in [6.45, 7) is 9.12. The second kappa shape index (κ2) is 9.18. The van der Waals surface area contributed by atoms with Crippen LogP contribution in [0.5, 0.6) is 5.75 Å². The SMILES string of the molecule is C[C@H](NP(=O)(OC[C@@H]1C(=O)[C@@H]2CCN1C2)Oc1ccccc1)C(=O)OCC(C)(C)C. The Morgan fingerprint density at radius 3 is 2.60 bits per heavy atom. The van der Waals surface area contributed by atoms with Gasteiger partial charge in [-0.3, -0.25) is 19.0 Å². The molecule has 1 aromatic rings. The van der Waals surface area contributed by atoms with Crippen LogP contribution in [0.15, 0.2) is 30.3 Å². The Morgan fingerprint density at radius 2 is 2.00 bits per heavy atom. The van der Waals surface area contributed by atoms with E-state index >= 15 is 0 Å². The van der Waals surface area contributed by atoms with Crippen LogP contribution in [-0.4, -0.2) is 55.0 Å². The zero-order valence-electron chi connectivity index (χ0n) is 18.0. The molecule has 2 aliphatic heterocycles. The Bertz CT molecular complexity index is 809. The number of ketones is 1. The summed E-state index contributed by atoms with van der Waals surface area (Å²) in [5.74, 6) is -0.0641. The van der Waals surface area contributed by atoms with E-state index in [9.17, 15) is 14.2 Å². The second-order valence-electron chi connectivity index (χ2n) is 9.12. The molecule has 166 valence electrons. The van der Waals surface area contributed by atoms with Gasteiger partial charge in [0.15, 0.2) is 5.78 Å². The third kappa shape index (κ3) is 5.91. The van der Waals surface area contributed by atoms with Crippen molar-refractivity contribution in [2.24, 2.45) is 11.3 Å². The molecule has 2 bridgehead atoms. The number of esters is 1. The number of nitrogens with zero attached hydrogens (tertiary/aromatic N) is 1. The van der Waals surface area contributed by atoms with Crippen LogP contribution in [0.25, 0.3) is 0 Å². The number of rotatable bonds is 9. The fourth-order valence-electron chi connectivity index (χ4n) is 3.52. The minimum atomic E-state index is -3.95. The van der Waals surface area contributed by atoms with Gasteiger partial charge in [0.05, 0.1) is 19.3 Å². The van der Waals surface area contributed by atoms with Crippen molar-refractivity contribution in [1.82, 2.24) is 9.99 Å². The fourth-order valence-corrected chi connectivity index (χ4v) is 5.02. The van der Waals surface area contributed by atoms with Gasteiger partial charge in [0.2, 0.25) is 0 Å². The fraction of sp³-hybridized carbons (Fsp3) is 0.619. The van der Waals surface area contributed by atoms with Crippen LogP contribution in [0.2, 0.25) is 0 Å². The maximum Gasteiger partial charge on any atom is 0.459 e. The molecule has 1 N–H and O–H groups in total. The molecule has 0 aromatic heterocycles. The number of benzene rings is 1. The first-order valence-electron chi connectivity index (χ1n) is 10.3. The molecule has 3 rings (SSSR count). The lowest BCUT2D eigenvalue weighted by molar-refractivity contribution is -0.148. The summed E-state index contributed by atoms with van der Waals surface area (Å²) in [5.41, 5.74) is -0.188. The summed E-state index contributed by atoms with van der Waals surface area (Å²) in [6.07, 6.45) is 0.864. The minimum absolute atomic E-state index is 0.0345. The first kappa shape index (κ1) is 22.9. The molecule has 9 heteroatoms. The molecular formula is C21H31N2O6P. The number of hydrogen-bond acceptors (Lipinski definition) is 7. The van der Waals surface area contributed by atoms with Gasteiger partial charge in [0.1, 0.15) is 11.8 Å². The molecule has 2 fully saturated rings. The van der Waals surface area contributed by atoms with Crippen molar-refractivity contribution in [2.75, 3.05) is 26.3 Å². The number of fused-ring (bicyclic) bond motifs is 2. The van der Waals surface area contributed by atoms with Gasteiger partial charge in [0.25, 0.3) is 0 Å². The van der Waals surface area contributed by atoms with Gasteiger partial charge >= 0.3 is 13.7 Å². The van der Waals surface area contributed by atoms with Crippen LogP contribution in [0, 0.1) is 11.3 Å². The average Bonchev–Trinajstić information content (AvgIpc) is 3.26. The number of nitrogens with one attached hydrogen (secondary N) is 1. The highest BCUT2D eigenvalue weighted by molar-refractivity contribution is 7.52. The molecule has 2 saturated heterocycles. The summed E-state index contributed by atoms with van der Waals surface area (Å²) >= 11 is 0. The maximum absolute atomic E-state index is 13.5. The zero-order valence-corrected chi connectivity index (χ0v) is 18.9. The number of ether oxygens (including phenoxy) is 1. The standard InChI is InChI=1S/C21H31N2O6P/c1-15(20(25)27-14-21(2,3)4)22-30(26,29-17-8-6-5-7-9-17)28-13-18-19(24)16-10-11-23(18)12-16/h5-9,15-16,18H,10-14H2,1-4H3,(H,22,26)/t15-,16+,18+,30?/m0/s1. The van der Waals surface area contributed by atoms with Crippen LogP contribution in [-0.2, 0) is 23.4 Å².